The van der Waals surface area contributed by atoms with Crippen LogP contribution in [-0.4, -0.2) is 42.0 Å². The lowest BCUT2D eigenvalue weighted by Gasteiger charge is -2.22. The van der Waals surface area contributed by atoms with E-state index in [4.69, 9.17) is 4.74 Å². The van der Waals surface area contributed by atoms with E-state index in [1.54, 1.807) is 64.7 Å². The molecule has 4 rings (SSSR count). The van der Waals surface area contributed by atoms with Crippen LogP contribution in [0.2, 0.25) is 0 Å². The molecule has 0 N–H and O–H groups in total. The molecule has 0 radical (unpaired) electrons. The Balaban J connectivity index is 0.00000380. The molecule has 0 aliphatic rings. The lowest BCUT2D eigenvalue weighted by Crippen LogP contribution is -2.34. The van der Waals surface area contributed by atoms with Gasteiger partial charge in [-0.1, -0.05) is 24.3 Å². The summed E-state index contributed by atoms with van der Waals surface area (Å²) < 4.78 is 35.6. The van der Waals surface area contributed by atoms with Gasteiger partial charge < -0.3 is 9.30 Å². The maximum absolute atomic E-state index is 13.3. The maximum atomic E-state index is 13.3. The van der Waals surface area contributed by atoms with E-state index in [0.717, 1.165) is 41.5 Å². The fourth-order valence-corrected chi connectivity index (χ4v) is 5.60. The molecule has 2 heterocycles. The molecule has 2 aromatic carbocycles. The van der Waals surface area contributed by atoms with E-state index < -0.39 is 10.0 Å². The summed E-state index contributed by atoms with van der Waals surface area (Å²) in [5.74, 6) is 0.755. The van der Waals surface area contributed by atoms with Crippen molar-refractivity contribution >= 4 is 33.3 Å². The lowest BCUT2D eigenvalue weighted by atomic mass is 10.2. The van der Waals surface area contributed by atoms with Crippen LogP contribution >= 0.6 is 12.4 Å². The second-order valence-electron chi connectivity index (χ2n) is 8.69. The number of aryl methyl sites for hydroxylation is 1. The van der Waals surface area contributed by atoms with Crippen LogP contribution in [0.4, 0.5) is 0 Å². The van der Waals surface area contributed by atoms with Crippen LogP contribution in [0, 0.1) is 0 Å². The first kappa shape index (κ1) is 28.4. The normalized spacial score (nSPS) is 11.4. The van der Waals surface area contributed by atoms with E-state index in [9.17, 15) is 13.2 Å². The number of ether oxygens (including phenoxy) is 1. The van der Waals surface area contributed by atoms with E-state index in [1.165, 1.54) is 0 Å². The summed E-state index contributed by atoms with van der Waals surface area (Å²) >= 11 is 0. The molecule has 4 aromatic rings. The highest BCUT2D eigenvalue weighted by Crippen LogP contribution is 2.20. The Morgan fingerprint density at radius 2 is 1.73 bits per heavy atom. The summed E-state index contributed by atoms with van der Waals surface area (Å²) in [6.07, 6.45) is 6.49. The third-order valence-electron chi connectivity index (χ3n) is 6.17. The van der Waals surface area contributed by atoms with E-state index in [-0.39, 0.29) is 18.0 Å². The van der Waals surface area contributed by atoms with Crippen molar-refractivity contribution in [1.82, 2.24) is 13.9 Å². The van der Waals surface area contributed by atoms with Crippen molar-refractivity contribution in [3.63, 3.8) is 0 Å². The van der Waals surface area contributed by atoms with E-state index in [0.29, 0.717) is 31.0 Å². The highest BCUT2D eigenvalue weighted by molar-refractivity contribution is 7.89. The zero-order valence-corrected chi connectivity index (χ0v) is 22.5. The number of sulfonamides is 1. The minimum absolute atomic E-state index is 0. The SMILES string of the molecule is Cl.Cn1c(=O)ccc2cc(OCCCCCN(CCc3cccnc3)S(=O)(=O)c3ccccc3)ccc21. The highest BCUT2D eigenvalue weighted by atomic mass is 35.5. The molecular weight excluding hydrogens is 510 g/mol. The van der Waals surface area contributed by atoms with Crippen molar-refractivity contribution < 1.29 is 13.2 Å². The summed E-state index contributed by atoms with van der Waals surface area (Å²) in [4.78, 5) is 16.2. The molecule has 0 saturated carbocycles. The number of fused-ring (bicyclic) bond motifs is 1. The van der Waals surface area contributed by atoms with Crippen LogP contribution in [0.25, 0.3) is 10.9 Å². The first-order chi connectivity index (χ1) is 17.4. The molecule has 2 aromatic heterocycles. The number of hydrogen-bond donors (Lipinski definition) is 0. The fraction of sp³-hybridized carbons (Fsp3) is 0.286. The molecule has 37 heavy (non-hydrogen) atoms. The van der Waals surface area contributed by atoms with Crippen molar-refractivity contribution in [2.45, 2.75) is 30.6 Å². The zero-order valence-electron chi connectivity index (χ0n) is 20.8. The average molecular weight is 542 g/mol. The Morgan fingerprint density at radius 3 is 2.49 bits per heavy atom. The number of pyridine rings is 2. The fourth-order valence-electron chi connectivity index (χ4n) is 4.10. The first-order valence-electron chi connectivity index (χ1n) is 12.1. The van der Waals surface area contributed by atoms with Crippen LogP contribution in [0.1, 0.15) is 24.8 Å². The molecule has 0 aliphatic heterocycles. The zero-order chi connectivity index (χ0) is 25.4. The molecule has 0 fully saturated rings. The van der Waals surface area contributed by atoms with Crippen LogP contribution in [-0.2, 0) is 23.5 Å². The molecule has 0 atom stereocenters. The van der Waals surface area contributed by atoms with Crippen LogP contribution in [0.5, 0.6) is 5.75 Å². The van der Waals surface area contributed by atoms with Crippen molar-refractivity contribution in [3.8, 4) is 5.75 Å². The molecule has 0 unspecified atom stereocenters. The number of benzene rings is 2. The van der Waals surface area contributed by atoms with Crippen molar-refractivity contribution in [1.29, 1.82) is 0 Å². The Labute approximate surface area is 224 Å². The summed E-state index contributed by atoms with van der Waals surface area (Å²) in [7, 11) is -1.82. The molecule has 0 spiro atoms. The van der Waals surface area contributed by atoms with Gasteiger partial charge in [-0.05, 0) is 73.7 Å². The third-order valence-corrected chi connectivity index (χ3v) is 8.08. The number of unbranched alkanes of at least 4 members (excludes halogenated alkanes) is 2. The molecule has 9 heteroatoms. The number of nitrogens with zero attached hydrogens (tertiary/aromatic N) is 3. The van der Waals surface area contributed by atoms with Gasteiger partial charge in [0.15, 0.2) is 0 Å². The third kappa shape index (κ3) is 7.41. The lowest BCUT2D eigenvalue weighted by molar-refractivity contribution is 0.301. The summed E-state index contributed by atoms with van der Waals surface area (Å²) in [5, 5.41) is 0.949. The van der Waals surface area contributed by atoms with Gasteiger partial charge in [0.05, 0.1) is 17.0 Å². The largest absolute Gasteiger partial charge is 0.494 e. The predicted molar refractivity (Wildman–Crippen MR) is 149 cm³/mol. The van der Waals surface area contributed by atoms with Crippen LogP contribution in [0.3, 0.4) is 0 Å². The van der Waals surface area contributed by atoms with Crippen LogP contribution in [0.15, 0.2) is 94.9 Å². The number of rotatable bonds is 12. The van der Waals surface area contributed by atoms with Crippen molar-refractivity contribution in [3.05, 3.63) is 101 Å². The molecule has 0 saturated heterocycles. The van der Waals surface area contributed by atoms with Gasteiger partial charge in [0.25, 0.3) is 5.56 Å². The Morgan fingerprint density at radius 1 is 0.919 bits per heavy atom. The predicted octanol–water partition coefficient (Wildman–Crippen LogP) is 4.84. The first-order valence-corrected chi connectivity index (χ1v) is 13.6. The summed E-state index contributed by atoms with van der Waals surface area (Å²) in [6.45, 7) is 1.39. The van der Waals surface area contributed by atoms with Gasteiger partial charge in [-0.3, -0.25) is 9.78 Å². The minimum Gasteiger partial charge on any atom is -0.494 e. The Kier molecular flexibility index (Phi) is 10.3. The van der Waals surface area contributed by atoms with Gasteiger partial charge >= 0.3 is 0 Å². The molecule has 0 amide bonds. The van der Waals surface area contributed by atoms with Gasteiger partial charge in [-0.15, -0.1) is 12.4 Å². The molecule has 0 bridgehead atoms. The number of halogens is 1. The molecule has 7 nitrogen and oxygen atoms in total. The second kappa shape index (κ2) is 13.4. The van der Waals surface area contributed by atoms with E-state index in [2.05, 4.69) is 4.98 Å². The van der Waals surface area contributed by atoms with Gasteiger partial charge in [0.2, 0.25) is 10.0 Å². The number of aromatic nitrogens is 2. The molecule has 0 aliphatic carbocycles. The maximum Gasteiger partial charge on any atom is 0.250 e. The monoisotopic (exact) mass is 541 g/mol. The second-order valence-corrected chi connectivity index (χ2v) is 10.6. The van der Waals surface area contributed by atoms with Crippen LogP contribution < -0.4 is 10.3 Å². The van der Waals surface area contributed by atoms with Crippen molar-refractivity contribution in [2.24, 2.45) is 7.05 Å². The van der Waals surface area contributed by atoms with Gasteiger partial charge in [0, 0.05) is 44.0 Å². The van der Waals surface area contributed by atoms with Gasteiger partial charge in [-0.25, -0.2) is 8.42 Å². The Hall–Kier alpha value is -3.20. The van der Waals surface area contributed by atoms with E-state index >= 15 is 0 Å². The summed E-state index contributed by atoms with van der Waals surface area (Å²) in [5.41, 5.74) is 1.83. The molecule has 196 valence electrons. The average Bonchev–Trinajstić information content (AvgIpc) is 2.91. The minimum atomic E-state index is -3.58. The highest BCUT2D eigenvalue weighted by Gasteiger charge is 2.23. The number of hydrogen-bond acceptors (Lipinski definition) is 5. The van der Waals surface area contributed by atoms with Gasteiger partial charge in [0.1, 0.15) is 5.75 Å². The van der Waals surface area contributed by atoms with E-state index in [1.807, 2.05) is 36.4 Å². The standard InChI is InChI=1S/C28H31N3O4S.ClH/c1-30-27-14-13-25(21-24(27)12-15-28(30)32)35-20-7-3-6-18-31(19-16-23-9-8-17-29-22-23)36(33,34)26-10-4-2-5-11-26;/h2,4-5,8-15,17,21-22H,3,6-7,16,18-20H2,1H3;1H. The van der Waals surface area contributed by atoms with Gasteiger partial charge in [-0.2, -0.15) is 4.31 Å². The summed E-state index contributed by atoms with van der Waals surface area (Å²) in [6, 6.07) is 21.5. The van der Waals surface area contributed by atoms with Crippen molar-refractivity contribution in [2.75, 3.05) is 19.7 Å². The molecular formula is C28H32ClN3O4S. The quantitative estimate of drug-likeness (QED) is 0.240. The smallest absolute Gasteiger partial charge is 0.250 e. The Bertz CT molecular complexity index is 1450. The topological polar surface area (TPSA) is 81.5 Å².